The van der Waals surface area contributed by atoms with Gasteiger partial charge in [-0.3, -0.25) is 24.6 Å². The Hall–Kier alpha value is -3.37. The topological polar surface area (TPSA) is 139 Å². The Balaban J connectivity index is 2.26. The minimum absolute atomic E-state index is 0.0747. The maximum Gasteiger partial charge on any atom is 0.415 e. The highest BCUT2D eigenvalue weighted by atomic mass is 35.5. The number of nitrogens with zero attached hydrogens (tertiary/aromatic N) is 2. The molecule has 152 valence electrons. The molecule has 0 fully saturated rings. The van der Waals surface area contributed by atoms with Gasteiger partial charge in [-0.25, -0.2) is 4.79 Å². The number of nitrogens with one attached hydrogen (secondary N) is 1. The number of rotatable bonds is 6. The number of non-ortho nitro benzene ring substituents is 1. The standard InChI is InChI=1S/C17H13Cl2N3O7/c1-21(8-15(23)24)17(26)29-14-5-2-9(18)6-11(14)16(25)20-13-4-3-10(22(27)28)7-12(13)19/h2-7H,8H2,1H3,(H,20,25)(H,23,24). The predicted octanol–water partition coefficient (Wildman–Crippen LogP) is 3.67. The molecule has 0 unspecified atom stereocenters. The van der Waals surface area contributed by atoms with Crippen molar-refractivity contribution >= 4 is 52.5 Å². The number of likely N-dealkylation sites (N-methyl/N-ethyl adjacent to an activating group) is 1. The fourth-order valence-electron chi connectivity index (χ4n) is 2.12. The second-order valence-corrected chi connectivity index (χ2v) is 6.48. The van der Waals surface area contributed by atoms with Gasteiger partial charge in [0.25, 0.3) is 11.6 Å². The highest BCUT2D eigenvalue weighted by molar-refractivity contribution is 6.34. The van der Waals surface area contributed by atoms with Crippen LogP contribution in [0.15, 0.2) is 36.4 Å². The smallest absolute Gasteiger partial charge is 0.415 e. The molecular formula is C17H13Cl2N3O7. The van der Waals surface area contributed by atoms with Gasteiger partial charge in [-0.05, 0) is 24.3 Å². The monoisotopic (exact) mass is 441 g/mol. The molecule has 2 N–H and O–H groups in total. The van der Waals surface area contributed by atoms with Crippen molar-refractivity contribution in [3.63, 3.8) is 0 Å². The highest BCUT2D eigenvalue weighted by Gasteiger charge is 2.21. The van der Waals surface area contributed by atoms with E-state index in [2.05, 4.69) is 5.32 Å². The van der Waals surface area contributed by atoms with Crippen molar-refractivity contribution in [1.82, 2.24) is 4.90 Å². The Morgan fingerprint density at radius 2 is 1.90 bits per heavy atom. The lowest BCUT2D eigenvalue weighted by Gasteiger charge is -2.16. The second-order valence-electron chi connectivity index (χ2n) is 5.63. The van der Waals surface area contributed by atoms with Crippen molar-refractivity contribution < 1.29 is 29.2 Å². The third-order valence-corrected chi connectivity index (χ3v) is 4.03. The van der Waals surface area contributed by atoms with E-state index in [1.807, 2.05) is 0 Å². The van der Waals surface area contributed by atoms with Gasteiger partial charge in [0.2, 0.25) is 0 Å². The average Bonchev–Trinajstić information content (AvgIpc) is 2.63. The number of halogens is 2. The van der Waals surface area contributed by atoms with Crippen LogP contribution in [0.2, 0.25) is 10.0 Å². The quantitative estimate of drug-likeness (QED) is 0.514. The number of carbonyl (C=O) groups excluding carboxylic acids is 2. The molecule has 0 saturated carbocycles. The summed E-state index contributed by atoms with van der Waals surface area (Å²) in [5.74, 6) is -2.18. The summed E-state index contributed by atoms with van der Waals surface area (Å²) in [6.45, 7) is -0.605. The first-order valence-corrected chi connectivity index (χ1v) is 8.53. The first-order chi connectivity index (χ1) is 13.6. The van der Waals surface area contributed by atoms with Gasteiger partial charge in [0.1, 0.15) is 12.3 Å². The van der Waals surface area contributed by atoms with Crippen LogP contribution in [0.3, 0.4) is 0 Å². The largest absolute Gasteiger partial charge is 0.480 e. The minimum atomic E-state index is -1.24. The molecule has 0 spiro atoms. The summed E-state index contributed by atoms with van der Waals surface area (Å²) >= 11 is 11.9. The molecule has 0 heterocycles. The van der Waals surface area contributed by atoms with E-state index >= 15 is 0 Å². The SMILES string of the molecule is CN(CC(=O)O)C(=O)Oc1ccc(Cl)cc1C(=O)Nc1ccc([N+](=O)[O-])cc1Cl. The van der Waals surface area contributed by atoms with Gasteiger partial charge in [-0.1, -0.05) is 23.2 Å². The van der Waals surface area contributed by atoms with E-state index in [9.17, 15) is 24.5 Å². The van der Waals surface area contributed by atoms with E-state index in [1.165, 1.54) is 31.3 Å². The summed E-state index contributed by atoms with van der Waals surface area (Å²) in [7, 11) is 1.21. The maximum atomic E-state index is 12.6. The zero-order valence-electron chi connectivity index (χ0n) is 14.7. The van der Waals surface area contributed by atoms with E-state index in [0.717, 1.165) is 17.0 Å². The molecule has 0 bridgehead atoms. The molecule has 0 aliphatic rings. The summed E-state index contributed by atoms with van der Waals surface area (Å²) in [5.41, 5.74) is -0.307. The van der Waals surface area contributed by atoms with Crippen LogP contribution in [0.1, 0.15) is 10.4 Å². The lowest BCUT2D eigenvalue weighted by molar-refractivity contribution is -0.384. The van der Waals surface area contributed by atoms with Crippen molar-refractivity contribution in [2.45, 2.75) is 0 Å². The molecular weight excluding hydrogens is 429 g/mol. The summed E-state index contributed by atoms with van der Waals surface area (Å²) in [6, 6.07) is 7.33. The Morgan fingerprint density at radius 1 is 1.21 bits per heavy atom. The van der Waals surface area contributed by atoms with Gasteiger partial charge < -0.3 is 15.2 Å². The number of hydrogen-bond donors (Lipinski definition) is 2. The number of carboxylic acids is 1. The molecule has 2 aromatic rings. The molecule has 0 aliphatic carbocycles. The lowest BCUT2D eigenvalue weighted by atomic mass is 10.1. The zero-order chi connectivity index (χ0) is 21.7. The van der Waals surface area contributed by atoms with Crippen LogP contribution < -0.4 is 10.1 Å². The number of ether oxygens (including phenoxy) is 1. The van der Waals surface area contributed by atoms with Crippen LogP contribution in [-0.2, 0) is 4.79 Å². The normalized spacial score (nSPS) is 10.2. The Morgan fingerprint density at radius 3 is 2.48 bits per heavy atom. The van der Waals surface area contributed by atoms with Gasteiger partial charge >= 0.3 is 12.1 Å². The number of carbonyl (C=O) groups is 3. The number of carboxylic acid groups (broad SMARTS) is 1. The zero-order valence-corrected chi connectivity index (χ0v) is 16.2. The van der Waals surface area contributed by atoms with Gasteiger partial charge in [0.05, 0.1) is 21.2 Å². The van der Waals surface area contributed by atoms with Crippen molar-refractivity contribution in [3.8, 4) is 5.75 Å². The first kappa shape index (κ1) is 21.9. The number of benzene rings is 2. The third-order valence-electron chi connectivity index (χ3n) is 3.48. The van der Waals surface area contributed by atoms with Crippen molar-refractivity contribution in [3.05, 3.63) is 62.1 Å². The number of amides is 2. The summed E-state index contributed by atoms with van der Waals surface area (Å²) < 4.78 is 5.08. The maximum absolute atomic E-state index is 12.6. The van der Waals surface area contributed by atoms with E-state index in [0.29, 0.717) is 0 Å². The van der Waals surface area contributed by atoms with Gasteiger partial charge in [0, 0.05) is 24.2 Å². The van der Waals surface area contributed by atoms with Gasteiger partial charge in [-0.2, -0.15) is 0 Å². The first-order valence-electron chi connectivity index (χ1n) is 7.78. The summed E-state index contributed by atoms with van der Waals surface area (Å²) in [6.07, 6.45) is -1.00. The van der Waals surface area contributed by atoms with Crippen LogP contribution in [0.25, 0.3) is 0 Å². The van der Waals surface area contributed by atoms with E-state index < -0.39 is 29.4 Å². The van der Waals surface area contributed by atoms with Crippen molar-refractivity contribution in [1.29, 1.82) is 0 Å². The lowest BCUT2D eigenvalue weighted by Crippen LogP contribution is -2.34. The van der Waals surface area contributed by atoms with Crippen LogP contribution in [0, 0.1) is 10.1 Å². The van der Waals surface area contributed by atoms with Crippen LogP contribution >= 0.6 is 23.2 Å². The minimum Gasteiger partial charge on any atom is -0.480 e. The van der Waals surface area contributed by atoms with Crippen LogP contribution in [0.4, 0.5) is 16.2 Å². The van der Waals surface area contributed by atoms with Crippen LogP contribution in [0.5, 0.6) is 5.75 Å². The third kappa shape index (κ3) is 5.80. The Bertz CT molecular complexity index is 997. The van der Waals surface area contributed by atoms with E-state index in [4.69, 9.17) is 33.0 Å². The van der Waals surface area contributed by atoms with Crippen molar-refractivity contribution in [2.75, 3.05) is 18.9 Å². The number of hydrogen-bond acceptors (Lipinski definition) is 6. The summed E-state index contributed by atoms with van der Waals surface area (Å²) in [4.78, 5) is 46.3. The molecule has 2 amide bonds. The molecule has 10 nitrogen and oxygen atoms in total. The molecule has 0 radical (unpaired) electrons. The molecule has 0 saturated heterocycles. The van der Waals surface area contributed by atoms with Crippen LogP contribution in [-0.4, -0.2) is 46.5 Å². The Labute approximate surface area is 173 Å². The number of anilines is 1. The summed E-state index contributed by atoms with van der Waals surface area (Å²) in [5, 5.41) is 22.0. The number of nitro groups is 1. The Kier molecular flexibility index (Phi) is 6.97. The molecule has 12 heteroatoms. The molecule has 0 atom stereocenters. The van der Waals surface area contributed by atoms with Gasteiger partial charge in [-0.15, -0.1) is 0 Å². The predicted molar refractivity (Wildman–Crippen MR) is 104 cm³/mol. The molecule has 29 heavy (non-hydrogen) atoms. The fourth-order valence-corrected chi connectivity index (χ4v) is 2.51. The molecule has 0 aliphatic heterocycles. The second kappa shape index (κ2) is 9.22. The molecule has 2 rings (SSSR count). The van der Waals surface area contributed by atoms with Gasteiger partial charge in [0.15, 0.2) is 0 Å². The van der Waals surface area contributed by atoms with E-state index in [1.54, 1.807) is 0 Å². The molecule has 0 aromatic heterocycles. The fraction of sp³-hybridized carbons (Fsp3) is 0.118. The number of nitro benzene ring substituents is 1. The van der Waals surface area contributed by atoms with Crippen molar-refractivity contribution in [2.24, 2.45) is 0 Å². The van der Waals surface area contributed by atoms with E-state index in [-0.39, 0.29) is 32.7 Å². The number of aliphatic carboxylic acids is 1. The average molecular weight is 442 g/mol. The molecule has 2 aromatic carbocycles. The highest BCUT2D eigenvalue weighted by Crippen LogP contribution is 2.29.